The van der Waals surface area contributed by atoms with Crippen LogP contribution in [0.4, 0.5) is 10.5 Å². The smallest absolute Gasteiger partial charge is 0.330 e. The second-order valence-corrected chi connectivity index (χ2v) is 10.5. The molecule has 1 saturated heterocycles. The Morgan fingerprint density at radius 1 is 1.19 bits per heavy atom. The van der Waals surface area contributed by atoms with E-state index >= 15 is 0 Å². The maximum Gasteiger partial charge on any atom is 0.330 e. The van der Waals surface area contributed by atoms with Gasteiger partial charge in [-0.15, -0.1) is 0 Å². The number of benzene rings is 1. The molecular weight excluding hydrogens is 589 g/mol. The fourth-order valence-corrected chi connectivity index (χ4v) is 5.30. The number of nitrogens with zero attached hydrogens (tertiary/aromatic N) is 5. The predicted molar refractivity (Wildman–Crippen MR) is 162 cm³/mol. The molecule has 0 bridgehead atoms. The van der Waals surface area contributed by atoms with Gasteiger partial charge in [0.1, 0.15) is 34.0 Å². The molecule has 0 aromatic heterocycles. The van der Waals surface area contributed by atoms with E-state index in [0.717, 1.165) is 5.57 Å². The van der Waals surface area contributed by atoms with E-state index in [2.05, 4.69) is 33.9 Å². The Kier molecular flexibility index (Phi) is 11.0. The average molecular weight is 625 g/mol. The summed E-state index contributed by atoms with van der Waals surface area (Å²) in [4.78, 5) is 50.3. The number of amides is 3. The van der Waals surface area contributed by atoms with Gasteiger partial charge < -0.3 is 30.1 Å². The van der Waals surface area contributed by atoms with Crippen LogP contribution in [0.3, 0.4) is 0 Å². The highest BCUT2D eigenvalue weighted by Gasteiger charge is 2.37. The lowest BCUT2D eigenvalue weighted by atomic mass is 10.1. The van der Waals surface area contributed by atoms with Crippen molar-refractivity contribution in [3.8, 4) is 11.5 Å². The van der Waals surface area contributed by atoms with Gasteiger partial charge in [0.15, 0.2) is 5.78 Å². The number of aliphatic hydroxyl groups excluding tert-OH is 1. The van der Waals surface area contributed by atoms with Crippen molar-refractivity contribution in [1.82, 2.24) is 20.4 Å². The SMILES string of the molecule is C=NC(=NC1CN(C(=O)CO)CC1NCC(=C)C(C)=O)NC1=C(C)CN(c2c(Cl)c(OC)cc(OC)c2Cl)C(=O)N1C. The number of carbonyl (C=O) groups is 3. The molecule has 228 valence electrons. The van der Waals surface area contributed by atoms with Crippen LogP contribution < -0.4 is 25.0 Å². The molecule has 2 aliphatic rings. The Morgan fingerprint density at radius 3 is 2.33 bits per heavy atom. The third-order valence-electron chi connectivity index (χ3n) is 6.99. The number of aliphatic imine (C=N–C) groups is 2. The van der Waals surface area contributed by atoms with Crippen molar-refractivity contribution in [3.63, 3.8) is 0 Å². The second kappa shape index (κ2) is 14.0. The Bertz CT molecular complexity index is 1320. The highest BCUT2D eigenvalue weighted by Crippen LogP contribution is 2.47. The number of hydrogen-bond acceptors (Lipinski definition) is 8. The number of guanidine groups is 1. The maximum atomic E-state index is 13.6. The van der Waals surface area contributed by atoms with Crippen LogP contribution in [0.25, 0.3) is 0 Å². The molecular formula is C27H35Cl2N7O6. The summed E-state index contributed by atoms with van der Waals surface area (Å²) in [5.41, 5.74) is 1.34. The van der Waals surface area contributed by atoms with Gasteiger partial charge in [0.2, 0.25) is 11.9 Å². The van der Waals surface area contributed by atoms with Crippen LogP contribution >= 0.6 is 23.2 Å². The summed E-state index contributed by atoms with van der Waals surface area (Å²) < 4.78 is 10.7. The van der Waals surface area contributed by atoms with Crippen molar-refractivity contribution in [2.45, 2.75) is 25.9 Å². The number of methoxy groups -OCH3 is 2. The molecule has 3 rings (SSSR count). The molecule has 2 aliphatic heterocycles. The molecule has 2 atom stereocenters. The van der Waals surface area contributed by atoms with Crippen LogP contribution in [0.5, 0.6) is 11.5 Å². The summed E-state index contributed by atoms with van der Waals surface area (Å²) in [6.45, 7) is 10.7. The number of rotatable bonds is 10. The molecule has 3 amide bonds. The number of Topliss-reactive ketones (excluding diaryl/α,β-unsaturated/α-hetero) is 1. The first-order valence-electron chi connectivity index (χ1n) is 12.9. The first-order chi connectivity index (χ1) is 19.9. The van der Waals surface area contributed by atoms with Gasteiger partial charge in [0.05, 0.1) is 32.5 Å². The number of nitrogens with one attached hydrogen (secondary N) is 2. The van der Waals surface area contributed by atoms with Crippen molar-refractivity contribution < 1.29 is 29.0 Å². The third-order valence-corrected chi connectivity index (χ3v) is 7.72. The van der Waals surface area contributed by atoms with Crippen LogP contribution in [0, 0.1) is 0 Å². The van der Waals surface area contributed by atoms with Gasteiger partial charge in [-0.1, -0.05) is 29.8 Å². The first-order valence-corrected chi connectivity index (χ1v) is 13.6. The van der Waals surface area contributed by atoms with E-state index in [4.69, 9.17) is 32.7 Å². The van der Waals surface area contributed by atoms with Gasteiger partial charge in [-0.2, -0.15) is 0 Å². The van der Waals surface area contributed by atoms with Gasteiger partial charge in [-0.05, 0) is 26.1 Å². The van der Waals surface area contributed by atoms with Crippen molar-refractivity contribution in [3.05, 3.63) is 39.7 Å². The molecule has 0 radical (unpaired) electrons. The Hall–Kier alpha value is -3.65. The minimum atomic E-state index is -0.642. The van der Waals surface area contributed by atoms with E-state index in [1.165, 1.54) is 41.9 Å². The molecule has 2 heterocycles. The summed E-state index contributed by atoms with van der Waals surface area (Å²) in [5, 5.41) is 16.0. The number of likely N-dealkylation sites (tertiary alicyclic amines) is 1. The number of urea groups is 1. The lowest BCUT2D eigenvalue weighted by Gasteiger charge is -2.37. The number of ether oxygens (including phenoxy) is 2. The first kappa shape index (κ1) is 32.9. The number of anilines is 1. The number of ketones is 1. The Labute approximate surface area is 254 Å². The lowest BCUT2D eigenvalue weighted by molar-refractivity contribution is -0.133. The highest BCUT2D eigenvalue weighted by molar-refractivity contribution is 6.41. The zero-order valence-corrected chi connectivity index (χ0v) is 25.7. The Morgan fingerprint density at radius 2 is 1.81 bits per heavy atom. The van der Waals surface area contributed by atoms with E-state index in [0.29, 0.717) is 22.9 Å². The van der Waals surface area contributed by atoms with E-state index in [-0.39, 0.29) is 59.7 Å². The molecule has 13 nitrogen and oxygen atoms in total. The lowest BCUT2D eigenvalue weighted by Crippen LogP contribution is -2.50. The van der Waals surface area contributed by atoms with Gasteiger partial charge in [0.25, 0.3) is 0 Å². The molecule has 1 aromatic rings. The molecule has 0 spiro atoms. The fourth-order valence-electron chi connectivity index (χ4n) is 4.59. The summed E-state index contributed by atoms with van der Waals surface area (Å²) >= 11 is 13.1. The van der Waals surface area contributed by atoms with E-state index in [1.54, 1.807) is 7.05 Å². The quantitative estimate of drug-likeness (QED) is 0.204. The molecule has 42 heavy (non-hydrogen) atoms. The summed E-state index contributed by atoms with van der Waals surface area (Å²) in [6, 6.07) is 0.223. The normalized spacial score (nSPS) is 19.3. The van der Waals surface area contributed by atoms with Crippen LogP contribution in [0.2, 0.25) is 10.0 Å². The fraction of sp³-hybridized carbons (Fsp3) is 0.444. The van der Waals surface area contributed by atoms with Gasteiger partial charge in [0, 0.05) is 44.4 Å². The number of hydrogen-bond donors (Lipinski definition) is 3. The molecule has 2 unspecified atom stereocenters. The zero-order valence-electron chi connectivity index (χ0n) is 24.2. The monoisotopic (exact) mass is 623 g/mol. The van der Waals surface area contributed by atoms with Crippen molar-refractivity contribution in [1.29, 1.82) is 0 Å². The molecule has 1 fully saturated rings. The summed E-state index contributed by atoms with van der Waals surface area (Å²) in [7, 11) is 4.46. The topological polar surface area (TPSA) is 148 Å². The second-order valence-electron chi connectivity index (χ2n) is 9.72. The minimum absolute atomic E-state index is 0.108. The van der Waals surface area contributed by atoms with Crippen molar-refractivity contribution >= 4 is 59.3 Å². The van der Waals surface area contributed by atoms with Gasteiger partial charge >= 0.3 is 6.03 Å². The number of halogens is 2. The maximum absolute atomic E-state index is 13.6. The van der Waals surface area contributed by atoms with Gasteiger partial charge in [-0.3, -0.25) is 19.4 Å². The molecule has 3 N–H and O–H groups in total. The van der Waals surface area contributed by atoms with E-state index in [1.807, 2.05) is 6.92 Å². The predicted octanol–water partition coefficient (Wildman–Crippen LogP) is 2.07. The highest BCUT2D eigenvalue weighted by atomic mass is 35.5. The Balaban J connectivity index is 1.91. The van der Waals surface area contributed by atoms with Crippen LogP contribution in [0.15, 0.2) is 39.6 Å². The van der Waals surface area contributed by atoms with Gasteiger partial charge in [-0.25, -0.2) is 14.8 Å². The van der Waals surface area contributed by atoms with Crippen molar-refractivity contribution in [2.75, 3.05) is 59.0 Å². The number of carbonyl (C=O) groups excluding carboxylic acids is 3. The van der Waals surface area contributed by atoms with Crippen LogP contribution in [-0.4, -0.2) is 111 Å². The van der Waals surface area contributed by atoms with Crippen molar-refractivity contribution in [2.24, 2.45) is 9.98 Å². The number of aliphatic hydroxyl groups is 1. The zero-order chi connectivity index (χ0) is 31.3. The summed E-state index contributed by atoms with van der Waals surface area (Å²) in [6.07, 6.45) is 0. The minimum Gasteiger partial charge on any atom is -0.495 e. The molecule has 15 heteroatoms. The summed E-state index contributed by atoms with van der Waals surface area (Å²) in [5.74, 6) is 0.500. The molecule has 0 saturated carbocycles. The van der Waals surface area contributed by atoms with Crippen LogP contribution in [-0.2, 0) is 9.59 Å². The van der Waals surface area contributed by atoms with E-state index < -0.39 is 24.6 Å². The van der Waals surface area contributed by atoms with E-state index in [9.17, 15) is 19.5 Å². The molecule has 0 aliphatic carbocycles. The molecule has 1 aromatic carbocycles. The standard InChI is InChI=1S/C27H35Cl2N7O6/c1-14(16(3)38)9-31-17-11-35(21(39)13-37)12-18(17)32-26(30-4)33-25-15(2)10-36(27(40)34(25)5)24-22(28)19(41-6)8-20(42-7)23(24)29/h8,17-18,31,37H,1,4,9-13H2,2-3,5-7H3,(H,32,33). The average Bonchev–Trinajstić information content (AvgIpc) is 3.37. The third kappa shape index (κ3) is 6.86. The van der Waals surface area contributed by atoms with Crippen LogP contribution in [0.1, 0.15) is 13.8 Å². The largest absolute Gasteiger partial charge is 0.495 e.